The molecule has 1 N–H and O–H groups in total. The molecule has 0 radical (unpaired) electrons. The standard InChI is InChI=1S/C17H30N4O2/c1-3-23-11-10-21-9-8-20(12-15(21)2)13-16(22)19-17(14-18)6-4-5-7-17/h15H,3-13H2,1-2H3,(H,19,22). The number of ether oxygens (including phenoxy) is 1. The van der Waals surface area contributed by atoms with Gasteiger partial charge in [-0.05, 0) is 39.5 Å². The Kier molecular flexibility index (Phi) is 6.82. The molecule has 1 unspecified atom stereocenters. The van der Waals surface area contributed by atoms with Gasteiger partial charge < -0.3 is 10.1 Å². The van der Waals surface area contributed by atoms with Crippen molar-refractivity contribution in [2.24, 2.45) is 0 Å². The van der Waals surface area contributed by atoms with Crippen LogP contribution in [-0.2, 0) is 9.53 Å². The van der Waals surface area contributed by atoms with Crippen LogP contribution in [0, 0.1) is 11.3 Å². The van der Waals surface area contributed by atoms with Crippen molar-refractivity contribution >= 4 is 5.91 Å². The molecule has 2 fully saturated rings. The Morgan fingerprint density at radius 1 is 1.39 bits per heavy atom. The van der Waals surface area contributed by atoms with Crippen molar-refractivity contribution in [3.05, 3.63) is 0 Å². The summed E-state index contributed by atoms with van der Waals surface area (Å²) < 4.78 is 5.42. The van der Waals surface area contributed by atoms with E-state index in [-0.39, 0.29) is 5.91 Å². The molecule has 1 amide bonds. The third-order valence-corrected chi connectivity index (χ3v) is 4.99. The fraction of sp³-hybridized carbons (Fsp3) is 0.882. The number of nitrogens with zero attached hydrogens (tertiary/aromatic N) is 3. The lowest BCUT2D eigenvalue weighted by molar-refractivity contribution is -0.124. The van der Waals surface area contributed by atoms with Crippen LogP contribution in [0.25, 0.3) is 0 Å². The number of piperazine rings is 1. The smallest absolute Gasteiger partial charge is 0.235 e. The maximum atomic E-state index is 12.3. The molecule has 130 valence electrons. The number of hydrogen-bond donors (Lipinski definition) is 1. The van der Waals surface area contributed by atoms with E-state index in [1.165, 1.54) is 0 Å². The Balaban J connectivity index is 1.74. The van der Waals surface area contributed by atoms with Crippen molar-refractivity contribution in [2.45, 2.75) is 51.1 Å². The fourth-order valence-corrected chi connectivity index (χ4v) is 3.63. The van der Waals surface area contributed by atoms with E-state index in [9.17, 15) is 10.1 Å². The van der Waals surface area contributed by atoms with Crippen LogP contribution in [0.2, 0.25) is 0 Å². The molecule has 1 aliphatic carbocycles. The van der Waals surface area contributed by atoms with Crippen LogP contribution >= 0.6 is 0 Å². The summed E-state index contributed by atoms with van der Waals surface area (Å²) in [5.74, 6) is -0.0107. The first-order chi connectivity index (χ1) is 11.1. The van der Waals surface area contributed by atoms with Crippen LogP contribution < -0.4 is 5.32 Å². The normalized spacial score (nSPS) is 25.2. The average Bonchev–Trinajstić information content (AvgIpc) is 2.98. The molecule has 2 aliphatic rings. The van der Waals surface area contributed by atoms with Crippen molar-refractivity contribution in [3.63, 3.8) is 0 Å². The second-order valence-electron chi connectivity index (χ2n) is 6.77. The maximum absolute atomic E-state index is 12.3. The topological polar surface area (TPSA) is 68.6 Å². The molecule has 0 aromatic heterocycles. The summed E-state index contributed by atoms with van der Waals surface area (Å²) in [6.45, 7) is 9.83. The van der Waals surface area contributed by atoms with Gasteiger partial charge in [0.2, 0.25) is 5.91 Å². The van der Waals surface area contributed by atoms with E-state index >= 15 is 0 Å². The first-order valence-electron chi connectivity index (χ1n) is 8.85. The van der Waals surface area contributed by atoms with Crippen molar-refractivity contribution in [2.75, 3.05) is 45.9 Å². The molecule has 1 aliphatic heterocycles. The van der Waals surface area contributed by atoms with E-state index in [0.29, 0.717) is 12.6 Å². The second kappa shape index (κ2) is 8.62. The number of nitrogens with one attached hydrogen (secondary N) is 1. The molecule has 1 saturated carbocycles. The van der Waals surface area contributed by atoms with Crippen LogP contribution in [0.5, 0.6) is 0 Å². The number of carbonyl (C=O) groups excluding carboxylic acids is 1. The van der Waals surface area contributed by atoms with Gasteiger partial charge in [-0.25, -0.2) is 0 Å². The second-order valence-corrected chi connectivity index (χ2v) is 6.77. The van der Waals surface area contributed by atoms with E-state index in [2.05, 4.69) is 28.1 Å². The van der Waals surface area contributed by atoms with Crippen molar-refractivity contribution in [1.29, 1.82) is 5.26 Å². The summed E-state index contributed by atoms with van der Waals surface area (Å²) in [6, 6.07) is 2.74. The molecule has 23 heavy (non-hydrogen) atoms. The monoisotopic (exact) mass is 322 g/mol. The van der Waals surface area contributed by atoms with Crippen LogP contribution in [-0.4, -0.2) is 73.2 Å². The molecule has 1 heterocycles. The van der Waals surface area contributed by atoms with Gasteiger partial charge in [-0.2, -0.15) is 5.26 Å². The zero-order valence-corrected chi connectivity index (χ0v) is 14.5. The largest absolute Gasteiger partial charge is 0.380 e. The molecule has 0 bridgehead atoms. The molecule has 6 nitrogen and oxygen atoms in total. The minimum atomic E-state index is -0.609. The lowest BCUT2D eigenvalue weighted by Gasteiger charge is -2.39. The van der Waals surface area contributed by atoms with Crippen molar-refractivity contribution < 1.29 is 9.53 Å². The third-order valence-electron chi connectivity index (χ3n) is 4.99. The molecule has 1 atom stereocenters. The average molecular weight is 322 g/mol. The third kappa shape index (κ3) is 5.17. The van der Waals surface area contributed by atoms with E-state index in [4.69, 9.17) is 4.74 Å². The van der Waals surface area contributed by atoms with Gasteiger partial charge in [-0.15, -0.1) is 0 Å². The Morgan fingerprint density at radius 3 is 2.74 bits per heavy atom. The van der Waals surface area contributed by atoms with Crippen molar-refractivity contribution in [1.82, 2.24) is 15.1 Å². The predicted molar refractivity (Wildman–Crippen MR) is 88.9 cm³/mol. The number of nitriles is 1. The summed E-state index contributed by atoms with van der Waals surface area (Å²) in [6.07, 6.45) is 3.64. The predicted octanol–water partition coefficient (Wildman–Crippen LogP) is 0.982. The molecule has 6 heteroatoms. The first-order valence-corrected chi connectivity index (χ1v) is 8.85. The Labute approximate surface area is 139 Å². The van der Waals surface area contributed by atoms with Gasteiger partial charge in [0.05, 0.1) is 19.2 Å². The van der Waals surface area contributed by atoms with Gasteiger partial charge in [0.25, 0.3) is 0 Å². The number of rotatable bonds is 7. The Bertz CT molecular complexity index is 429. The molecular formula is C17H30N4O2. The van der Waals surface area contributed by atoms with Gasteiger partial charge in [-0.1, -0.05) is 0 Å². The highest BCUT2D eigenvalue weighted by Gasteiger charge is 2.36. The quantitative estimate of drug-likeness (QED) is 0.708. The van der Waals surface area contributed by atoms with E-state index < -0.39 is 5.54 Å². The van der Waals surface area contributed by atoms with Gasteiger partial charge in [0.1, 0.15) is 5.54 Å². The number of carbonyl (C=O) groups is 1. The van der Waals surface area contributed by atoms with Crippen LogP contribution in [0.15, 0.2) is 0 Å². The highest BCUT2D eigenvalue weighted by Crippen LogP contribution is 2.28. The van der Waals surface area contributed by atoms with Crippen LogP contribution in [0.3, 0.4) is 0 Å². The van der Waals surface area contributed by atoms with Gasteiger partial charge in [-0.3, -0.25) is 14.6 Å². The number of hydrogen-bond acceptors (Lipinski definition) is 5. The highest BCUT2D eigenvalue weighted by molar-refractivity contribution is 5.79. The van der Waals surface area contributed by atoms with Crippen LogP contribution in [0.1, 0.15) is 39.5 Å². The van der Waals surface area contributed by atoms with Gasteiger partial charge >= 0.3 is 0 Å². The van der Waals surface area contributed by atoms with Gasteiger partial charge in [0, 0.05) is 38.8 Å². The lowest BCUT2D eigenvalue weighted by Crippen LogP contribution is -2.56. The summed E-state index contributed by atoms with van der Waals surface area (Å²) in [7, 11) is 0. The SMILES string of the molecule is CCOCCN1CCN(CC(=O)NC2(C#N)CCCC2)CC1C. The zero-order valence-electron chi connectivity index (χ0n) is 14.5. The Morgan fingerprint density at radius 2 is 2.13 bits per heavy atom. The minimum absolute atomic E-state index is 0.0107. The summed E-state index contributed by atoms with van der Waals surface area (Å²) in [5.41, 5.74) is -0.609. The molecule has 1 saturated heterocycles. The van der Waals surface area contributed by atoms with Crippen LogP contribution in [0.4, 0.5) is 0 Å². The summed E-state index contributed by atoms with van der Waals surface area (Å²) >= 11 is 0. The van der Waals surface area contributed by atoms with Gasteiger partial charge in [0.15, 0.2) is 0 Å². The molecule has 0 aromatic rings. The first kappa shape index (κ1) is 18.2. The minimum Gasteiger partial charge on any atom is -0.380 e. The number of amides is 1. The highest BCUT2D eigenvalue weighted by atomic mass is 16.5. The lowest BCUT2D eigenvalue weighted by atomic mass is 10.00. The zero-order chi connectivity index (χ0) is 16.7. The molecule has 0 spiro atoms. The van der Waals surface area contributed by atoms with E-state index in [1.54, 1.807) is 0 Å². The van der Waals surface area contributed by atoms with Crippen molar-refractivity contribution in [3.8, 4) is 6.07 Å². The Hall–Kier alpha value is -1.16. The summed E-state index contributed by atoms with van der Waals surface area (Å²) in [4.78, 5) is 16.9. The molecule has 2 rings (SSSR count). The van der Waals surface area contributed by atoms with E-state index in [0.717, 1.165) is 65.1 Å². The molecule has 0 aromatic carbocycles. The fourth-order valence-electron chi connectivity index (χ4n) is 3.63. The van der Waals surface area contributed by atoms with E-state index in [1.807, 2.05) is 6.92 Å². The maximum Gasteiger partial charge on any atom is 0.235 e. The summed E-state index contributed by atoms with van der Waals surface area (Å²) in [5, 5.41) is 12.3. The molecular weight excluding hydrogens is 292 g/mol.